The molecule has 5 rings (SSSR count). The molecule has 2 amide bonds. The van der Waals surface area contributed by atoms with Crippen molar-refractivity contribution in [1.82, 2.24) is 14.8 Å². The maximum absolute atomic E-state index is 14.2. The van der Waals surface area contributed by atoms with Crippen LogP contribution in [-0.2, 0) is 5.41 Å². The normalized spacial score (nSPS) is 22.9. The molecule has 0 bridgehead atoms. The van der Waals surface area contributed by atoms with Gasteiger partial charge in [0.25, 0.3) is 0 Å². The van der Waals surface area contributed by atoms with E-state index in [0.717, 1.165) is 61.9 Å². The first-order chi connectivity index (χ1) is 14.9. The summed E-state index contributed by atoms with van der Waals surface area (Å²) in [4.78, 5) is 25.7. The van der Waals surface area contributed by atoms with Crippen molar-refractivity contribution in [2.24, 2.45) is 5.92 Å². The van der Waals surface area contributed by atoms with Gasteiger partial charge in [-0.2, -0.15) is 0 Å². The van der Waals surface area contributed by atoms with Crippen LogP contribution in [0.1, 0.15) is 24.8 Å². The molecule has 1 aromatic carbocycles. The van der Waals surface area contributed by atoms with Crippen LogP contribution in [0, 0.1) is 11.7 Å². The maximum Gasteiger partial charge on any atom is 0.323 e. The largest absolute Gasteiger partial charge is 0.348 e. The molecule has 1 atom stereocenters. The Kier molecular flexibility index (Phi) is 5.38. The Morgan fingerprint density at radius 3 is 2.81 bits per heavy atom. The number of thiazole rings is 1. The van der Waals surface area contributed by atoms with Crippen LogP contribution >= 0.6 is 11.3 Å². The zero-order chi connectivity index (χ0) is 21.6. The van der Waals surface area contributed by atoms with Crippen molar-refractivity contribution < 1.29 is 9.18 Å². The van der Waals surface area contributed by atoms with E-state index >= 15 is 0 Å². The first kappa shape index (κ1) is 20.7. The number of anilines is 2. The lowest BCUT2D eigenvalue weighted by molar-refractivity contribution is 0.148. The second-order valence-electron chi connectivity index (χ2n) is 9.42. The second-order valence-corrected chi connectivity index (χ2v) is 10.3. The smallest absolute Gasteiger partial charge is 0.323 e. The quantitative estimate of drug-likeness (QED) is 0.727. The molecule has 0 N–H and O–H groups in total. The highest BCUT2D eigenvalue weighted by Gasteiger charge is 2.47. The van der Waals surface area contributed by atoms with Gasteiger partial charge in [0.2, 0.25) is 0 Å². The molecule has 3 aliphatic heterocycles. The Balaban J connectivity index is 1.25. The van der Waals surface area contributed by atoms with E-state index in [1.165, 1.54) is 12.5 Å². The number of carbonyl (C=O) groups excluding carboxylic acids is 1. The second kappa shape index (κ2) is 8.06. The van der Waals surface area contributed by atoms with Gasteiger partial charge in [0.05, 0.1) is 0 Å². The Labute approximate surface area is 187 Å². The molecule has 3 aliphatic rings. The summed E-state index contributed by atoms with van der Waals surface area (Å²) in [5.74, 6) is 0.450. The number of carbonyl (C=O) groups is 1. The fourth-order valence-corrected chi connectivity index (χ4v) is 6.22. The summed E-state index contributed by atoms with van der Waals surface area (Å²) in [6.07, 6.45) is 5.01. The minimum Gasteiger partial charge on any atom is -0.348 e. The highest BCUT2D eigenvalue weighted by Crippen LogP contribution is 2.47. The first-order valence-corrected chi connectivity index (χ1v) is 12.0. The fraction of sp³-hybridized carbons (Fsp3) is 0.565. The van der Waals surface area contributed by atoms with E-state index in [0.29, 0.717) is 12.5 Å². The van der Waals surface area contributed by atoms with Crippen LogP contribution in [0.4, 0.5) is 20.0 Å². The number of piperidine rings is 1. The van der Waals surface area contributed by atoms with Gasteiger partial charge in [0.15, 0.2) is 5.13 Å². The van der Waals surface area contributed by atoms with Gasteiger partial charge in [0, 0.05) is 63.0 Å². The number of hydrogen-bond acceptors (Lipinski definition) is 5. The number of halogens is 1. The van der Waals surface area contributed by atoms with Crippen molar-refractivity contribution >= 4 is 28.2 Å². The Bertz CT molecular complexity index is 941. The molecule has 2 aromatic rings. The number of fused-ring (bicyclic) bond motifs is 2. The van der Waals surface area contributed by atoms with Gasteiger partial charge in [-0.1, -0.05) is 0 Å². The molecule has 31 heavy (non-hydrogen) atoms. The van der Waals surface area contributed by atoms with Gasteiger partial charge in [-0.15, -0.1) is 11.3 Å². The molecule has 4 heterocycles. The van der Waals surface area contributed by atoms with Crippen LogP contribution in [0.3, 0.4) is 0 Å². The Morgan fingerprint density at radius 1 is 1.29 bits per heavy atom. The lowest BCUT2D eigenvalue weighted by Crippen LogP contribution is -2.48. The molecule has 6 nitrogen and oxygen atoms in total. The molecule has 1 spiro atoms. The minimum atomic E-state index is -0.215. The summed E-state index contributed by atoms with van der Waals surface area (Å²) in [6, 6.07) is 4.88. The van der Waals surface area contributed by atoms with Gasteiger partial charge in [-0.3, -0.25) is 4.90 Å². The number of rotatable bonds is 3. The van der Waals surface area contributed by atoms with Crippen LogP contribution in [0.2, 0.25) is 0 Å². The summed E-state index contributed by atoms with van der Waals surface area (Å²) in [5, 5.41) is 3.18. The average molecular weight is 444 g/mol. The van der Waals surface area contributed by atoms with Crippen LogP contribution < -0.4 is 9.80 Å². The van der Waals surface area contributed by atoms with Gasteiger partial charge in [0.1, 0.15) is 5.82 Å². The van der Waals surface area contributed by atoms with Crippen molar-refractivity contribution in [3.8, 4) is 0 Å². The van der Waals surface area contributed by atoms with Crippen molar-refractivity contribution in [2.45, 2.75) is 24.7 Å². The highest BCUT2D eigenvalue weighted by atomic mass is 32.1. The highest BCUT2D eigenvalue weighted by molar-refractivity contribution is 7.13. The summed E-state index contributed by atoms with van der Waals surface area (Å²) < 4.78 is 14.2. The topological polar surface area (TPSA) is 42.9 Å². The molecule has 0 aliphatic carbocycles. The predicted molar refractivity (Wildman–Crippen MR) is 123 cm³/mol. The number of urea groups is 1. The zero-order valence-corrected chi connectivity index (χ0v) is 19.1. The minimum absolute atomic E-state index is 0.0274. The van der Waals surface area contributed by atoms with E-state index in [1.807, 2.05) is 16.5 Å². The van der Waals surface area contributed by atoms with Crippen LogP contribution in [0.15, 0.2) is 29.8 Å². The average Bonchev–Trinajstić information content (AvgIpc) is 3.49. The molecule has 2 fully saturated rings. The van der Waals surface area contributed by atoms with Gasteiger partial charge in [-0.05, 0) is 62.0 Å². The third-order valence-corrected chi connectivity index (χ3v) is 8.03. The summed E-state index contributed by atoms with van der Waals surface area (Å²) >= 11 is 1.71. The molecular formula is C23H30FN5OS. The monoisotopic (exact) mass is 443 g/mol. The number of benzene rings is 1. The van der Waals surface area contributed by atoms with E-state index in [-0.39, 0.29) is 17.3 Å². The fourth-order valence-electron chi connectivity index (χ4n) is 5.54. The number of amides is 2. The molecule has 2 saturated heterocycles. The van der Waals surface area contributed by atoms with Crippen molar-refractivity contribution in [3.05, 3.63) is 41.2 Å². The van der Waals surface area contributed by atoms with E-state index in [2.05, 4.69) is 14.8 Å². The van der Waals surface area contributed by atoms with Crippen LogP contribution in [0.25, 0.3) is 0 Å². The van der Waals surface area contributed by atoms with Crippen molar-refractivity contribution in [3.63, 3.8) is 0 Å². The van der Waals surface area contributed by atoms with Gasteiger partial charge >= 0.3 is 6.03 Å². The first-order valence-electron chi connectivity index (χ1n) is 11.1. The molecule has 1 aromatic heterocycles. The van der Waals surface area contributed by atoms with Gasteiger partial charge in [-0.25, -0.2) is 14.2 Å². The van der Waals surface area contributed by atoms with E-state index in [9.17, 15) is 9.18 Å². The van der Waals surface area contributed by atoms with Crippen molar-refractivity contribution in [1.29, 1.82) is 0 Å². The van der Waals surface area contributed by atoms with Crippen LogP contribution in [0.5, 0.6) is 0 Å². The molecule has 1 unspecified atom stereocenters. The zero-order valence-electron chi connectivity index (χ0n) is 18.3. The summed E-state index contributed by atoms with van der Waals surface area (Å²) in [6.45, 7) is 5.91. The van der Waals surface area contributed by atoms with E-state index in [1.54, 1.807) is 42.5 Å². The SMILES string of the molecule is CN(C)C(=O)N1CC2(CCN(CC3CCN(c4nccs4)C3)CC2)c2cc(F)ccc21. The predicted octanol–water partition coefficient (Wildman–Crippen LogP) is 3.64. The van der Waals surface area contributed by atoms with E-state index in [4.69, 9.17) is 0 Å². The third kappa shape index (κ3) is 3.80. The molecule has 0 radical (unpaired) electrons. The third-order valence-electron chi connectivity index (χ3n) is 7.20. The number of hydrogen-bond donors (Lipinski definition) is 0. The molecule has 0 saturated carbocycles. The Morgan fingerprint density at radius 2 is 2.10 bits per heavy atom. The summed E-state index contributed by atoms with van der Waals surface area (Å²) in [5.41, 5.74) is 1.75. The number of nitrogens with zero attached hydrogens (tertiary/aromatic N) is 5. The Hall–Kier alpha value is -2.19. The lowest BCUT2D eigenvalue weighted by Gasteiger charge is -2.40. The standard InChI is InChI=1S/C23H30FN5OS/c1-26(2)22(30)29-16-23(19-13-18(24)3-4-20(19)29)6-10-27(11-7-23)14-17-5-9-28(15-17)21-25-8-12-31-21/h3-4,8,12-13,17H,5-7,9-11,14-16H2,1-2H3. The van der Waals surface area contributed by atoms with Crippen molar-refractivity contribution in [2.75, 3.05) is 63.2 Å². The van der Waals surface area contributed by atoms with Crippen LogP contribution in [-0.4, -0.2) is 74.2 Å². The maximum atomic E-state index is 14.2. The molecule has 8 heteroatoms. The van der Waals surface area contributed by atoms with E-state index < -0.39 is 0 Å². The molecule has 166 valence electrons. The lowest BCUT2D eigenvalue weighted by atomic mass is 9.74. The summed E-state index contributed by atoms with van der Waals surface area (Å²) in [7, 11) is 3.55. The van der Waals surface area contributed by atoms with Gasteiger partial charge < -0.3 is 14.7 Å². The number of aromatic nitrogens is 1. The number of likely N-dealkylation sites (tertiary alicyclic amines) is 1. The molecular weight excluding hydrogens is 413 g/mol.